The van der Waals surface area contributed by atoms with Crippen LogP contribution in [0.25, 0.3) is 66.4 Å². The second-order valence-corrected chi connectivity index (χ2v) is 43.4. The normalized spacial score (nSPS) is 12.4. The van der Waals surface area contributed by atoms with Crippen LogP contribution in [-0.4, -0.2) is 87.7 Å². The van der Waals surface area contributed by atoms with Gasteiger partial charge in [0.15, 0.2) is 45.5 Å². The van der Waals surface area contributed by atoms with E-state index in [-0.39, 0.29) is 64.4 Å². The Kier molecular flexibility index (Phi) is 25.4. The van der Waals surface area contributed by atoms with Gasteiger partial charge >= 0.3 is 0 Å². The lowest BCUT2D eigenvalue weighted by Crippen LogP contribution is -2.26. The fourth-order valence-electron chi connectivity index (χ4n) is 14.8. The molecule has 0 spiro atoms. The van der Waals surface area contributed by atoms with E-state index < -0.39 is 56.4 Å². The van der Waals surface area contributed by atoms with E-state index in [4.69, 9.17) is 17.3 Å². The van der Waals surface area contributed by atoms with Gasteiger partial charge in [-0.1, -0.05) is 149 Å². The molecule has 0 aliphatic carbocycles. The molecule has 8 aromatic carbocycles. The van der Waals surface area contributed by atoms with E-state index in [1.54, 1.807) is 154 Å². The van der Waals surface area contributed by atoms with Crippen LogP contribution in [0.15, 0.2) is 263 Å². The molecule has 0 aliphatic rings. The van der Waals surface area contributed by atoms with E-state index in [0.717, 1.165) is 55.2 Å². The van der Waals surface area contributed by atoms with Crippen LogP contribution in [0.4, 0.5) is 14.6 Å². The Hall–Kier alpha value is -12.2. The minimum absolute atomic E-state index is 0.0508. The van der Waals surface area contributed by atoms with Crippen molar-refractivity contribution in [1.82, 2.24) is 54.1 Å². The second kappa shape index (κ2) is 35.1. The summed E-state index contributed by atoms with van der Waals surface area (Å²) in [6.07, 6.45) is 4.69. The van der Waals surface area contributed by atoms with Crippen LogP contribution in [0, 0.1) is 44.5 Å². The van der Waals surface area contributed by atoms with Crippen molar-refractivity contribution in [3.05, 3.63) is 333 Å². The number of sulfone groups is 4. The van der Waals surface area contributed by atoms with Gasteiger partial charge in [0.25, 0.3) is 0 Å². The van der Waals surface area contributed by atoms with Crippen molar-refractivity contribution >= 4 is 100 Å². The molecule has 0 radical (unpaired) electrons. The quantitative estimate of drug-likeness (QED) is 0.0694. The summed E-state index contributed by atoms with van der Waals surface area (Å²) in [5.41, 5.74) is 18.5. The number of benzene rings is 8. The lowest BCUT2D eigenvalue weighted by molar-refractivity contribution is -0.577. The molecule has 0 atom stereocenters. The minimum Gasteiger partial charge on any atom is -0.618 e. The van der Waals surface area contributed by atoms with E-state index >= 15 is 0 Å². The van der Waals surface area contributed by atoms with Gasteiger partial charge in [0.1, 0.15) is 23.0 Å². The number of hydrogen-bond donors (Lipinski definition) is 1. The highest BCUT2D eigenvalue weighted by molar-refractivity contribution is 7.91. The molecule has 16 rings (SSSR count). The maximum Gasteiger partial charge on any atom is 0.225 e. The Morgan fingerprint density at radius 2 is 0.760 bits per heavy atom. The third-order valence-electron chi connectivity index (χ3n) is 21.1. The fraction of sp³-hybridized carbons (Fsp3) is 0.250. The van der Waals surface area contributed by atoms with Crippen LogP contribution in [0.5, 0.6) is 0 Å². The molecule has 8 heterocycles. The van der Waals surface area contributed by atoms with Gasteiger partial charge in [-0.2, -0.15) is 25.1 Å². The molecule has 22 nitrogen and oxygen atoms in total. The number of nitrogen functional groups attached to an aromatic ring is 1. The molecular formula is C96H98ClF2N13O9S4. The highest BCUT2D eigenvalue weighted by atomic mass is 35.5. The third kappa shape index (κ3) is 20.3. The first-order valence-electron chi connectivity index (χ1n) is 40.2. The average molecular weight is 1780 g/mol. The molecule has 0 aliphatic heterocycles. The van der Waals surface area contributed by atoms with Crippen molar-refractivity contribution < 1.29 is 47.2 Å². The van der Waals surface area contributed by atoms with Crippen LogP contribution in [0.1, 0.15) is 151 Å². The van der Waals surface area contributed by atoms with Crippen molar-refractivity contribution in [2.75, 3.05) is 5.73 Å². The predicted octanol–water partition coefficient (Wildman–Crippen LogP) is 19.8. The zero-order valence-corrected chi connectivity index (χ0v) is 76.3. The van der Waals surface area contributed by atoms with Crippen LogP contribution in [0.3, 0.4) is 0 Å². The summed E-state index contributed by atoms with van der Waals surface area (Å²) < 4.78 is 142. The van der Waals surface area contributed by atoms with Gasteiger partial charge in [-0.3, -0.25) is 9.97 Å². The number of hydrogen-bond acceptors (Lipinski definition) is 17. The van der Waals surface area contributed by atoms with E-state index in [1.807, 2.05) is 146 Å². The molecule has 29 heteroatoms. The number of pyridine rings is 4. The van der Waals surface area contributed by atoms with Crippen LogP contribution in [0.2, 0.25) is 5.02 Å². The van der Waals surface area contributed by atoms with Gasteiger partial charge in [-0.05, 0) is 229 Å². The standard InChI is InChI=1S/C24H24ClN3O2S.C24H25FN4O2S.C24H24FN3O2S.C24H25N3O3S/c1-16-13-17(28(27-16)23-9-5-8-22-19(23)7-6-12-26-22)15-31(29,30)18-10-11-20(21(25)14-18)24(2,3)4;1-15-12-16(14-32(30,31)17-8-10-19(20(25)13-17)24(2,3)4)29(28-15)22-7-5-6-21-18(22)9-11-23(26)27-21;1-16-14-18(15-31(29,30)19-9-7-17(8-10-19)24(2,3)4)28(27-16)22-12-11-21(25)23-20(22)6-5-13-26-23;1-17-15-19(16-31(29,30)20-12-10-18(11-13-20)24(2,3)4)27(25-17)23-9-5-8-22-21(23)7-6-14-26(22)28/h5-14H,15H2,1-4H3;5-13H,14H2,1-4H3,(H2,26,27);5-14H,15H2,1-4H3;5-15H,16H2,1-4H3. The average Bonchev–Trinajstić information content (AvgIpc) is 1.69. The Balaban J connectivity index is 0.000000143. The third-order valence-corrected chi connectivity index (χ3v) is 28.0. The van der Waals surface area contributed by atoms with Gasteiger partial charge in [-0.25, -0.2) is 66.2 Å². The van der Waals surface area contributed by atoms with Crippen molar-refractivity contribution in [2.45, 2.75) is 175 Å². The number of nitrogens with two attached hydrogens (primary N) is 1. The summed E-state index contributed by atoms with van der Waals surface area (Å²) in [5, 5.41) is 33.7. The summed E-state index contributed by atoms with van der Waals surface area (Å²) in [4.78, 5) is 13.5. The number of aryl methyl sites for hydroxylation is 4. The molecule has 0 unspecified atom stereocenters. The van der Waals surface area contributed by atoms with E-state index in [2.05, 4.69) is 76.9 Å². The molecule has 8 aromatic heterocycles. The highest BCUT2D eigenvalue weighted by Crippen LogP contribution is 2.37. The fourth-order valence-corrected chi connectivity index (χ4v) is 20.6. The Morgan fingerprint density at radius 3 is 1.21 bits per heavy atom. The number of anilines is 1. The lowest BCUT2D eigenvalue weighted by atomic mass is 9.87. The van der Waals surface area contributed by atoms with E-state index in [9.17, 15) is 47.7 Å². The SMILES string of the molecule is Cc1cc(CS(=O)(=O)c2ccc(C(C)(C)C)c(Cl)c2)n(-c2cccc3ncccc23)n1.Cc1cc(CS(=O)(=O)c2ccc(C(C)(C)C)c(F)c2)n(-c2cccc3nc(N)ccc23)n1.Cc1cc(CS(=O)(=O)c2ccc(C(C)(C)C)cc2)n(-c2ccc(F)c3ncccc23)n1.Cc1cc(CS(=O)(=O)c2ccc(C(C)(C)C)cc2)n(-c2cccc3c2ccc[n+]3[O-])n1. The molecule has 0 amide bonds. The molecule has 16 aromatic rings. The number of rotatable bonds is 16. The Labute approximate surface area is 732 Å². The van der Waals surface area contributed by atoms with Gasteiger partial charge in [0, 0.05) is 45.7 Å². The smallest absolute Gasteiger partial charge is 0.225 e. The van der Waals surface area contributed by atoms with E-state index in [1.165, 1.54) is 24.5 Å². The topological polar surface area (TPSA) is 299 Å². The molecule has 2 N–H and O–H groups in total. The first kappa shape index (κ1) is 90.5. The molecule has 0 saturated carbocycles. The lowest BCUT2D eigenvalue weighted by Gasteiger charge is -2.21. The van der Waals surface area contributed by atoms with Crippen molar-refractivity contribution in [2.24, 2.45) is 0 Å². The maximum absolute atomic E-state index is 14.7. The van der Waals surface area contributed by atoms with Gasteiger partial charge in [0.05, 0.1) is 127 Å². The van der Waals surface area contributed by atoms with Gasteiger partial charge in [-0.15, -0.1) is 0 Å². The Bertz CT molecular complexity index is 7120. The van der Waals surface area contributed by atoms with Crippen LogP contribution in [-0.2, 0) is 84.0 Å². The van der Waals surface area contributed by atoms with Crippen molar-refractivity contribution in [3.8, 4) is 22.7 Å². The summed E-state index contributed by atoms with van der Waals surface area (Å²) in [5.74, 6) is -1.48. The first-order chi connectivity index (χ1) is 58.6. The summed E-state index contributed by atoms with van der Waals surface area (Å²) in [7, 11) is -14.6. The number of fused-ring (bicyclic) bond motifs is 4. The Morgan fingerprint density at radius 1 is 0.376 bits per heavy atom. The van der Waals surface area contributed by atoms with Crippen molar-refractivity contribution in [1.29, 1.82) is 0 Å². The zero-order chi connectivity index (χ0) is 90.4. The highest BCUT2D eigenvalue weighted by Gasteiger charge is 2.30. The van der Waals surface area contributed by atoms with Crippen LogP contribution >= 0.6 is 11.6 Å². The number of halogens is 3. The summed E-state index contributed by atoms with van der Waals surface area (Å²) in [6.45, 7) is 31.6. The predicted molar refractivity (Wildman–Crippen MR) is 489 cm³/mol. The number of aromatic nitrogens is 12. The summed E-state index contributed by atoms with van der Waals surface area (Å²) in [6, 6.07) is 64.0. The maximum atomic E-state index is 14.7. The summed E-state index contributed by atoms with van der Waals surface area (Å²) >= 11 is 6.43. The molecule has 125 heavy (non-hydrogen) atoms. The number of nitrogens with zero attached hydrogens (tertiary/aromatic N) is 12. The molecule has 0 fully saturated rings. The second-order valence-electron chi connectivity index (χ2n) is 35.1. The molecule has 646 valence electrons. The zero-order valence-electron chi connectivity index (χ0n) is 72.3. The van der Waals surface area contributed by atoms with Crippen LogP contribution < -0.4 is 10.5 Å². The molecule has 0 bridgehead atoms. The minimum atomic E-state index is -3.81. The first-order valence-corrected chi connectivity index (χ1v) is 47.2. The monoisotopic (exact) mass is 1780 g/mol. The van der Waals surface area contributed by atoms with E-state index in [0.29, 0.717) is 95.1 Å². The molecular weight excluding hydrogens is 1680 g/mol. The molecule has 0 saturated heterocycles. The van der Waals surface area contributed by atoms with Gasteiger partial charge < -0.3 is 10.9 Å². The van der Waals surface area contributed by atoms with Crippen molar-refractivity contribution in [3.63, 3.8) is 0 Å². The largest absolute Gasteiger partial charge is 0.618 e. The van der Waals surface area contributed by atoms with Gasteiger partial charge in [0.2, 0.25) is 5.52 Å².